The maximum atomic E-state index is 12.7. The van der Waals surface area contributed by atoms with E-state index < -0.39 is 0 Å². The zero-order chi connectivity index (χ0) is 22.7. The molecule has 7 heteroatoms. The molecular formula is C25H30N4O3. The van der Waals surface area contributed by atoms with Crippen molar-refractivity contribution in [2.45, 2.75) is 44.3 Å². The Morgan fingerprint density at radius 1 is 0.938 bits per heavy atom. The minimum absolute atomic E-state index is 0.0209. The Hall–Kier alpha value is -3.19. The molecule has 0 aliphatic heterocycles. The first kappa shape index (κ1) is 22.0. The van der Waals surface area contributed by atoms with Crippen LogP contribution in [0.5, 0.6) is 0 Å². The van der Waals surface area contributed by atoms with E-state index in [1.807, 2.05) is 24.3 Å². The second-order valence-electron chi connectivity index (χ2n) is 8.91. The molecule has 0 heterocycles. The molecule has 0 saturated heterocycles. The minimum Gasteiger partial charge on any atom is -0.349 e. The third kappa shape index (κ3) is 5.95. The first-order valence-corrected chi connectivity index (χ1v) is 11.1. The highest BCUT2D eigenvalue weighted by molar-refractivity contribution is 5.97. The van der Waals surface area contributed by atoms with Gasteiger partial charge in [-0.15, -0.1) is 0 Å². The summed E-state index contributed by atoms with van der Waals surface area (Å²) in [5, 5.41) is 5.92. The summed E-state index contributed by atoms with van der Waals surface area (Å²) >= 11 is 0. The summed E-state index contributed by atoms with van der Waals surface area (Å²) in [6, 6.07) is 15.4. The predicted octanol–water partition coefficient (Wildman–Crippen LogP) is 2.88. The number of benzene rings is 2. The summed E-state index contributed by atoms with van der Waals surface area (Å²) in [7, 11) is 3.40. The van der Waals surface area contributed by atoms with Gasteiger partial charge in [0.15, 0.2) is 0 Å². The maximum absolute atomic E-state index is 12.7. The molecule has 2 saturated carbocycles. The van der Waals surface area contributed by atoms with Gasteiger partial charge in [-0.3, -0.25) is 19.3 Å². The molecule has 7 nitrogen and oxygen atoms in total. The molecule has 3 amide bonds. The van der Waals surface area contributed by atoms with Gasteiger partial charge >= 0.3 is 0 Å². The molecule has 2 aliphatic rings. The Balaban J connectivity index is 1.34. The number of nitrogens with one attached hydrogen (secondary N) is 2. The van der Waals surface area contributed by atoms with E-state index in [2.05, 4.69) is 15.5 Å². The van der Waals surface area contributed by atoms with Crippen LogP contribution in [0, 0.1) is 0 Å². The molecule has 0 spiro atoms. The van der Waals surface area contributed by atoms with Crippen LogP contribution in [0.4, 0.5) is 5.69 Å². The van der Waals surface area contributed by atoms with Crippen LogP contribution in [-0.4, -0.2) is 60.2 Å². The van der Waals surface area contributed by atoms with Crippen molar-refractivity contribution in [1.82, 2.24) is 15.1 Å². The van der Waals surface area contributed by atoms with E-state index in [4.69, 9.17) is 0 Å². The van der Waals surface area contributed by atoms with Gasteiger partial charge in [0, 0.05) is 49.5 Å². The van der Waals surface area contributed by atoms with Gasteiger partial charge in [0.1, 0.15) is 0 Å². The van der Waals surface area contributed by atoms with Crippen LogP contribution < -0.4 is 10.6 Å². The monoisotopic (exact) mass is 434 g/mol. The molecule has 32 heavy (non-hydrogen) atoms. The molecule has 2 N–H and O–H groups in total. The molecule has 168 valence electrons. The lowest BCUT2D eigenvalue weighted by atomic mass is 10.1. The normalized spacial score (nSPS) is 15.3. The van der Waals surface area contributed by atoms with Crippen molar-refractivity contribution in [3.63, 3.8) is 0 Å². The second kappa shape index (κ2) is 9.53. The van der Waals surface area contributed by atoms with E-state index >= 15 is 0 Å². The summed E-state index contributed by atoms with van der Waals surface area (Å²) in [5.41, 5.74) is 2.90. The van der Waals surface area contributed by atoms with Crippen LogP contribution in [0.1, 0.15) is 52.0 Å². The number of hydrogen-bond donors (Lipinski definition) is 2. The second-order valence-corrected chi connectivity index (χ2v) is 8.91. The SMILES string of the molecule is CN(C)C(=O)c1cccc(NC(=O)CN(Cc2ccc(C(=O)NC3CC3)cc2)C2CC2)c1. The molecule has 2 aromatic carbocycles. The molecule has 2 aromatic rings. The van der Waals surface area contributed by atoms with Gasteiger partial charge in [-0.2, -0.15) is 0 Å². The number of hydrogen-bond acceptors (Lipinski definition) is 4. The summed E-state index contributed by atoms with van der Waals surface area (Å²) in [6.07, 6.45) is 4.31. The van der Waals surface area contributed by atoms with Gasteiger partial charge in [-0.05, 0) is 61.6 Å². The van der Waals surface area contributed by atoms with E-state index in [9.17, 15) is 14.4 Å². The minimum atomic E-state index is -0.105. The van der Waals surface area contributed by atoms with Crippen LogP contribution in [0.25, 0.3) is 0 Å². The number of amides is 3. The third-order valence-electron chi connectivity index (χ3n) is 5.72. The first-order valence-electron chi connectivity index (χ1n) is 11.1. The smallest absolute Gasteiger partial charge is 0.253 e. The Morgan fingerprint density at radius 2 is 1.66 bits per heavy atom. The van der Waals surface area contributed by atoms with Crippen molar-refractivity contribution < 1.29 is 14.4 Å². The quantitative estimate of drug-likeness (QED) is 0.636. The lowest BCUT2D eigenvalue weighted by molar-refractivity contribution is -0.117. The summed E-state index contributed by atoms with van der Waals surface area (Å²) < 4.78 is 0. The highest BCUT2D eigenvalue weighted by Gasteiger charge is 2.30. The highest BCUT2D eigenvalue weighted by Crippen LogP contribution is 2.28. The Labute approximate surface area is 188 Å². The molecule has 4 rings (SSSR count). The molecule has 2 aliphatic carbocycles. The fourth-order valence-electron chi connectivity index (χ4n) is 3.62. The number of anilines is 1. The fourth-order valence-corrected chi connectivity index (χ4v) is 3.62. The predicted molar refractivity (Wildman–Crippen MR) is 123 cm³/mol. The Bertz CT molecular complexity index is 995. The van der Waals surface area contributed by atoms with Crippen molar-refractivity contribution in [3.8, 4) is 0 Å². The molecule has 0 unspecified atom stereocenters. The number of rotatable bonds is 9. The first-order chi connectivity index (χ1) is 15.4. The van der Waals surface area contributed by atoms with E-state index in [-0.39, 0.29) is 24.3 Å². The maximum Gasteiger partial charge on any atom is 0.253 e. The van der Waals surface area contributed by atoms with Crippen molar-refractivity contribution in [1.29, 1.82) is 0 Å². The average molecular weight is 435 g/mol. The van der Waals surface area contributed by atoms with Crippen LogP contribution in [0.3, 0.4) is 0 Å². The van der Waals surface area contributed by atoms with Crippen molar-refractivity contribution in [2.75, 3.05) is 26.0 Å². The van der Waals surface area contributed by atoms with Gasteiger partial charge in [0.05, 0.1) is 6.54 Å². The summed E-state index contributed by atoms with van der Waals surface area (Å²) in [6.45, 7) is 0.933. The third-order valence-corrected chi connectivity index (χ3v) is 5.72. The van der Waals surface area contributed by atoms with Crippen LogP contribution in [0.15, 0.2) is 48.5 Å². The zero-order valence-corrected chi connectivity index (χ0v) is 18.6. The average Bonchev–Trinajstić information content (AvgIpc) is 3.68. The molecule has 0 radical (unpaired) electrons. The number of carbonyl (C=O) groups is 3. The topological polar surface area (TPSA) is 81.8 Å². The molecule has 2 fully saturated rings. The molecule has 0 bridgehead atoms. The number of carbonyl (C=O) groups excluding carboxylic acids is 3. The van der Waals surface area contributed by atoms with E-state index in [1.165, 1.54) is 4.90 Å². The van der Waals surface area contributed by atoms with Crippen molar-refractivity contribution >= 4 is 23.4 Å². The van der Waals surface area contributed by atoms with Gasteiger partial charge in [-0.25, -0.2) is 0 Å². The lowest BCUT2D eigenvalue weighted by Crippen LogP contribution is -2.34. The Morgan fingerprint density at radius 3 is 2.28 bits per heavy atom. The summed E-state index contributed by atoms with van der Waals surface area (Å²) in [4.78, 5) is 40.7. The van der Waals surface area contributed by atoms with Gasteiger partial charge in [0.2, 0.25) is 5.91 Å². The highest BCUT2D eigenvalue weighted by atomic mass is 16.2. The largest absolute Gasteiger partial charge is 0.349 e. The van der Waals surface area contributed by atoms with Gasteiger partial charge in [-0.1, -0.05) is 18.2 Å². The van der Waals surface area contributed by atoms with E-state index in [0.717, 1.165) is 31.2 Å². The zero-order valence-electron chi connectivity index (χ0n) is 18.6. The van der Waals surface area contributed by atoms with Crippen LogP contribution in [0.2, 0.25) is 0 Å². The van der Waals surface area contributed by atoms with Crippen LogP contribution >= 0.6 is 0 Å². The van der Waals surface area contributed by atoms with Crippen LogP contribution in [-0.2, 0) is 11.3 Å². The molecular weight excluding hydrogens is 404 g/mol. The van der Waals surface area contributed by atoms with Crippen molar-refractivity contribution in [3.05, 3.63) is 65.2 Å². The van der Waals surface area contributed by atoms with E-state index in [1.54, 1.807) is 38.4 Å². The summed E-state index contributed by atoms with van der Waals surface area (Å²) in [5.74, 6) is -0.228. The lowest BCUT2D eigenvalue weighted by Gasteiger charge is -2.22. The van der Waals surface area contributed by atoms with Crippen molar-refractivity contribution in [2.24, 2.45) is 0 Å². The van der Waals surface area contributed by atoms with Gasteiger partial charge < -0.3 is 15.5 Å². The molecule has 0 atom stereocenters. The number of nitrogens with zero attached hydrogens (tertiary/aromatic N) is 2. The molecule has 0 aromatic heterocycles. The van der Waals surface area contributed by atoms with Gasteiger partial charge in [0.25, 0.3) is 11.8 Å². The Kier molecular flexibility index (Phi) is 6.55. The standard InChI is InChI=1S/C25H30N4O3/c1-28(2)25(32)19-4-3-5-21(14-19)26-23(30)16-29(22-12-13-22)15-17-6-8-18(9-7-17)24(31)27-20-10-11-20/h3-9,14,20,22H,10-13,15-16H2,1-2H3,(H,26,30)(H,27,31). The van der Waals surface area contributed by atoms with E-state index in [0.29, 0.717) is 35.4 Å². The fraction of sp³-hybridized carbons (Fsp3) is 0.400.